The summed E-state index contributed by atoms with van der Waals surface area (Å²) in [5, 5.41) is 24.9. The molecule has 7 heteroatoms. The van der Waals surface area contributed by atoms with Crippen LogP contribution in [0.5, 0.6) is 11.5 Å². The summed E-state index contributed by atoms with van der Waals surface area (Å²) in [7, 11) is 0. The highest BCUT2D eigenvalue weighted by atomic mass is 16.3. The van der Waals surface area contributed by atoms with Crippen molar-refractivity contribution < 1.29 is 10.2 Å². The average molecular weight is 263 g/mol. The molecule has 6 N–H and O–H groups in total. The Bertz CT molecular complexity index is 527. The van der Waals surface area contributed by atoms with E-state index in [1.807, 2.05) is 6.92 Å². The van der Waals surface area contributed by atoms with E-state index in [-0.39, 0.29) is 17.7 Å². The zero-order chi connectivity index (χ0) is 13.8. The first-order valence-corrected chi connectivity index (χ1v) is 5.98. The Labute approximate surface area is 110 Å². The van der Waals surface area contributed by atoms with Crippen molar-refractivity contribution in [2.24, 2.45) is 15.7 Å². The molecule has 0 spiro atoms. The fourth-order valence-corrected chi connectivity index (χ4v) is 1.79. The number of nitrogens with two attached hydrogens (primary N) is 1. The van der Waals surface area contributed by atoms with Gasteiger partial charge in [0.25, 0.3) is 0 Å². The van der Waals surface area contributed by atoms with Gasteiger partial charge in [0.05, 0.1) is 0 Å². The van der Waals surface area contributed by atoms with Gasteiger partial charge in [-0.1, -0.05) is 12.1 Å². The van der Waals surface area contributed by atoms with Gasteiger partial charge in [-0.15, -0.1) is 0 Å². The van der Waals surface area contributed by atoms with Crippen molar-refractivity contribution in [1.29, 1.82) is 0 Å². The van der Waals surface area contributed by atoms with E-state index in [1.54, 1.807) is 12.1 Å². The van der Waals surface area contributed by atoms with Gasteiger partial charge in [0, 0.05) is 6.54 Å². The molecule has 0 saturated heterocycles. The monoisotopic (exact) mass is 263 g/mol. The van der Waals surface area contributed by atoms with Crippen LogP contribution >= 0.6 is 0 Å². The maximum atomic E-state index is 9.66. The molecule has 7 nitrogen and oxygen atoms in total. The minimum atomic E-state index is -0.210. The van der Waals surface area contributed by atoms with Crippen molar-refractivity contribution in [1.82, 2.24) is 10.6 Å². The van der Waals surface area contributed by atoms with E-state index in [4.69, 9.17) is 5.73 Å². The summed E-state index contributed by atoms with van der Waals surface area (Å²) in [6.07, 6.45) is 0.338. The third kappa shape index (κ3) is 3.27. The van der Waals surface area contributed by atoms with Crippen LogP contribution in [0.4, 0.5) is 0 Å². The Morgan fingerprint density at radius 3 is 2.89 bits per heavy atom. The Balaban J connectivity index is 1.89. The summed E-state index contributed by atoms with van der Waals surface area (Å²) < 4.78 is 0. The molecule has 1 aliphatic heterocycles. The summed E-state index contributed by atoms with van der Waals surface area (Å²) >= 11 is 0. The summed E-state index contributed by atoms with van der Waals surface area (Å²) in [5.74, 6) is 0.678. The Kier molecular flexibility index (Phi) is 3.74. The van der Waals surface area contributed by atoms with E-state index in [9.17, 15) is 10.2 Å². The molecule has 0 bridgehead atoms. The molecule has 1 aromatic carbocycles. The van der Waals surface area contributed by atoms with Gasteiger partial charge < -0.3 is 21.3 Å². The summed E-state index contributed by atoms with van der Waals surface area (Å²) in [4.78, 5) is 8.23. The van der Waals surface area contributed by atoms with Gasteiger partial charge >= 0.3 is 0 Å². The minimum Gasteiger partial charge on any atom is -0.504 e. The van der Waals surface area contributed by atoms with Crippen LogP contribution in [0.25, 0.3) is 0 Å². The first-order valence-electron chi connectivity index (χ1n) is 5.98. The maximum absolute atomic E-state index is 9.66. The number of hydrogen-bond donors (Lipinski definition) is 5. The highest BCUT2D eigenvalue weighted by Gasteiger charge is 2.10. The lowest BCUT2D eigenvalue weighted by Gasteiger charge is -2.17. The van der Waals surface area contributed by atoms with Gasteiger partial charge in [-0.25, -0.2) is 9.98 Å². The normalized spacial score (nSPS) is 18.3. The molecule has 1 unspecified atom stereocenters. The number of hydrogen-bond acceptors (Lipinski definition) is 7. The SMILES string of the molecule is CC1N=C(N)NC(NCCc2cccc(O)c2O)=N1. The van der Waals surface area contributed by atoms with Crippen LogP contribution in [-0.2, 0) is 6.42 Å². The highest BCUT2D eigenvalue weighted by molar-refractivity contribution is 5.99. The third-order valence-corrected chi connectivity index (χ3v) is 2.67. The molecule has 1 heterocycles. The van der Waals surface area contributed by atoms with Gasteiger partial charge in [0.15, 0.2) is 23.4 Å². The van der Waals surface area contributed by atoms with E-state index in [1.165, 1.54) is 6.07 Å². The van der Waals surface area contributed by atoms with Crippen molar-refractivity contribution in [3.05, 3.63) is 23.8 Å². The van der Waals surface area contributed by atoms with Crippen molar-refractivity contribution >= 4 is 11.9 Å². The second-order valence-corrected chi connectivity index (χ2v) is 4.21. The molecule has 0 fully saturated rings. The average Bonchev–Trinajstić information content (AvgIpc) is 2.33. The van der Waals surface area contributed by atoms with E-state index in [0.29, 0.717) is 30.4 Å². The molecule has 102 valence electrons. The highest BCUT2D eigenvalue weighted by Crippen LogP contribution is 2.28. The standard InChI is InChI=1S/C12H17N5O2/c1-7-15-11(13)17-12(16-7)14-6-5-8-3-2-4-9(18)10(8)19/h2-4,7,18-19H,5-6H2,1H3,(H4,13,14,15,16,17). The van der Waals surface area contributed by atoms with Crippen molar-refractivity contribution in [3.8, 4) is 11.5 Å². The Morgan fingerprint density at radius 1 is 1.37 bits per heavy atom. The summed E-state index contributed by atoms with van der Waals surface area (Å²) in [6, 6.07) is 4.89. The minimum absolute atomic E-state index is 0.0858. The Morgan fingerprint density at radius 2 is 2.16 bits per heavy atom. The third-order valence-electron chi connectivity index (χ3n) is 2.67. The van der Waals surface area contributed by atoms with E-state index in [0.717, 1.165) is 0 Å². The van der Waals surface area contributed by atoms with Gasteiger partial charge in [0.1, 0.15) is 6.17 Å². The molecule has 0 aromatic heterocycles. The zero-order valence-corrected chi connectivity index (χ0v) is 10.6. The fraction of sp³-hybridized carbons (Fsp3) is 0.333. The summed E-state index contributed by atoms with van der Waals surface area (Å²) in [5.41, 5.74) is 6.25. The van der Waals surface area contributed by atoms with Crippen LogP contribution in [0.15, 0.2) is 28.2 Å². The molecule has 1 aromatic rings. The lowest BCUT2D eigenvalue weighted by Crippen LogP contribution is -2.48. The molecule has 0 saturated carbocycles. The number of aromatic hydroxyl groups is 2. The smallest absolute Gasteiger partial charge is 0.200 e. The second kappa shape index (κ2) is 5.47. The van der Waals surface area contributed by atoms with Crippen LogP contribution in [0.2, 0.25) is 0 Å². The van der Waals surface area contributed by atoms with E-state index >= 15 is 0 Å². The number of guanidine groups is 2. The van der Waals surface area contributed by atoms with Crippen LogP contribution in [0.3, 0.4) is 0 Å². The number of aliphatic imine (C=N–C) groups is 2. The zero-order valence-electron chi connectivity index (χ0n) is 10.6. The molecule has 2 rings (SSSR count). The topological polar surface area (TPSA) is 115 Å². The van der Waals surface area contributed by atoms with Crippen molar-refractivity contribution in [2.45, 2.75) is 19.5 Å². The first kappa shape index (κ1) is 13.0. The molecular weight excluding hydrogens is 246 g/mol. The summed E-state index contributed by atoms with van der Waals surface area (Å²) in [6.45, 7) is 2.37. The number of phenolic OH excluding ortho intramolecular Hbond substituents is 2. The quantitative estimate of drug-likeness (QED) is 0.486. The predicted molar refractivity (Wildman–Crippen MR) is 73.1 cm³/mol. The molecule has 1 aliphatic rings. The number of phenols is 2. The van der Waals surface area contributed by atoms with Crippen LogP contribution < -0.4 is 16.4 Å². The first-order chi connectivity index (χ1) is 9.06. The number of para-hydroxylation sites is 1. The maximum Gasteiger partial charge on any atom is 0.200 e. The van der Waals surface area contributed by atoms with Crippen LogP contribution in [-0.4, -0.2) is 34.8 Å². The van der Waals surface area contributed by atoms with Crippen LogP contribution in [0, 0.1) is 0 Å². The number of nitrogens with one attached hydrogen (secondary N) is 2. The fourth-order valence-electron chi connectivity index (χ4n) is 1.79. The number of benzene rings is 1. The lowest BCUT2D eigenvalue weighted by atomic mass is 10.1. The molecule has 0 radical (unpaired) electrons. The van der Waals surface area contributed by atoms with E-state index < -0.39 is 0 Å². The number of rotatable bonds is 3. The van der Waals surface area contributed by atoms with Gasteiger partial charge in [-0.3, -0.25) is 5.32 Å². The Hall–Kier alpha value is -2.44. The molecule has 0 aliphatic carbocycles. The number of nitrogens with zero attached hydrogens (tertiary/aromatic N) is 2. The molecule has 0 amide bonds. The molecule has 19 heavy (non-hydrogen) atoms. The van der Waals surface area contributed by atoms with Gasteiger partial charge in [-0.2, -0.15) is 0 Å². The van der Waals surface area contributed by atoms with Crippen molar-refractivity contribution in [2.75, 3.05) is 6.54 Å². The van der Waals surface area contributed by atoms with Gasteiger partial charge in [-0.05, 0) is 25.0 Å². The molecule has 1 atom stereocenters. The largest absolute Gasteiger partial charge is 0.504 e. The van der Waals surface area contributed by atoms with E-state index in [2.05, 4.69) is 20.6 Å². The predicted octanol–water partition coefficient (Wildman–Crippen LogP) is -0.150. The van der Waals surface area contributed by atoms with Crippen molar-refractivity contribution in [3.63, 3.8) is 0 Å². The molecular formula is C12H17N5O2. The van der Waals surface area contributed by atoms with Gasteiger partial charge in [0.2, 0.25) is 0 Å². The second-order valence-electron chi connectivity index (χ2n) is 4.21. The lowest BCUT2D eigenvalue weighted by molar-refractivity contribution is 0.399. The van der Waals surface area contributed by atoms with Crippen LogP contribution in [0.1, 0.15) is 12.5 Å².